The molecule has 88 valence electrons. The number of alkyl halides is 3. The molecule has 1 atom stereocenters. The van der Waals surface area contributed by atoms with Crippen molar-refractivity contribution in [2.24, 2.45) is 0 Å². The van der Waals surface area contributed by atoms with Crippen LogP contribution in [0.15, 0.2) is 0 Å². The second kappa shape index (κ2) is 4.72. The summed E-state index contributed by atoms with van der Waals surface area (Å²) in [5.41, 5.74) is 0. The van der Waals surface area contributed by atoms with E-state index in [1.807, 2.05) is 12.2 Å². The molecule has 1 aliphatic rings. The van der Waals surface area contributed by atoms with Crippen LogP contribution in [0.25, 0.3) is 0 Å². The molecule has 6 heteroatoms. The van der Waals surface area contributed by atoms with E-state index in [1.54, 1.807) is 0 Å². The van der Waals surface area contributed by atoms with E-state index in [4.69, 9.17) is 0 Å². The summed E-state index contributed by atoms with van der Waals surface area (Å²) in [5, 5.41) is 1.88. The number of carbonyl (C=O) groups is 1. The van der Waals surface area contributed by atoms with E-state index in [0.29, 0.717) is 6.54 Å². The second-order valence-corrected chi connectivity index (χ2v) is 3.81. The predicted octanol–water partition coefficient (Wildman–Crippen LogP) is 2.13. The van der Waals surface area contributed by atoms with Crippen LogP contribution in [0.2, 0.25) is 0 Å². The number of hydrogen-bond donors (Lipinski definition) is 1. The van der Waals surface area contributed by atoms with Gasteiger partial charge in [-0.2, -0.15) is 13.2 Å². The zero-order chi connectivity index (χ0) is 11.5. The lowest BCUT2D eigenvalue weighted by atomic mass is 10.0. The Balaban J connectivity index is 2.39. The van der Waals surface area contributed by atoms with E-state index in [2.05, 4.69) is 0 Å². The lowest BCUT2D eigenvalue weighted by molar-refractivity contribution is -0.123. The number of piperidine rings is 1. The summed E-state index contributed by atoms with van der Waals surface area (Å²) < 4.78 is 35.5. The first kappa shape index (κ1) is 12.1. The van der Waals surface area contributed by atoms with Crippen LogP contribution in [-0.2, 0) is 0 Å². The molecule has 1 aliphatic heterocycles. The standard InChI is InChI=1S/C9H15F3N2O/c1-7-4-2-3-5-14(7)8(15)13-6-9(10,11)12/h7H,2-6H2,1H3,(H,13,15). The summed E-state index contributed by atoms with van der Waals surface area (Å²) in [6.07, 6.45) is -1.58. The maximum Gasteiger partial charge on any atom is 0.405 e. The fourth-order valence-electron chi connectivity index (χ4n) is 1.68. The monoisotopic (exact) mass is 224 g/mol. The Morgan fingerprint density at radius 2 is 2.13 bits per heavy atom. The van der Waals surface area contributed by atoms with Crippen molar-refractivity contribution in [1.82, 2.24) is 10.2 Å². The van der Waals surface area contributed by atoms with E-state index < -0.39 is 18.8 Å². The molecular weight excluding hydrogens is 209 g/mol. The van der Waals surface area contributed by atoms with Gasteiger partial charge >= 0.3 is 12.2 Å². The quantitative estimate of drug-likeness (QED) is 0.727. The lowest BCUT2D eigenvalue weighted by Crippen LogP contribution is -2.49. The second-order valence-electron chi connectivity index (χ2n) is 3.81. The van der Waals surface area contributed by atoms with E-state index in [9.17, 15) is 18.0 Å². The summed E-state index contributed by atoms with van der Waals surface area (Å²) in [6.45, 7) is 1.15. The largest absolute Gasteiger partial charge is 0.405 e. The molecule has 15 heavy (non-hydrogen) atoms. The number of amides is 2. The van der Waals surface area contributed by atoms with Crippen LogP contribution in [0.3, 0.4) is 0 Å². The van der Waals surface area contributed by atoms with Gasteiger partial charge in [-0.05, 0) is 26.2 Å². The number of nitrogens with one attached hydrogen (secondary N) is 1. The summed E-state index contributed by atoms with van der Waals surface area (Å²) in [7, 11) is 0. The van der Waals surface area contributed by atoms with Crippen molar-refractivity contribution in [1.29, 1.82) is 0 Å². The van der Waals surface area contributed by atoms with Crippen LogP contribution in [0.5, 0.6) is 0 Å². The predicted molar refractivity (Wildman–Crippen MR) is 49.5 cm³/mol. The highest BCUT2D eigenvalue weighted by atomic mass is 19.4. The van der Waals surface area contributed by atoms with Gasteiger partial charge in [-0.3, -0.25) is 0 Å². The maximum atomic E-state index is 11.8. The zero-order valence-corrected chi connectivity index (χ0v) is 8.60. The lowest BCUT2D eigenvalue weighted by Gasteiger charge is -2.33. The molecule has 3 nitrogen and oxygen atoms in total. The van der Waals surface area contributed by atoms with Gasteiger partial charge in [-0.1, -0.05) is 0 Å². The van der Waals surface area contributed by atoms with Crippen molar-refractivity contribution in [2.75, 3.05) is 13.1 Å². The first-order chi connectivity index (χ1) is 6.90. The van der Waals surface area contributed by atoms with Crippen molar-refractivity contribution in [2.45, 2.75) is 38.4 Å². The Hall–Kier alpha value is -0.940. The van der Waals surface area contributed by atoms with Crippen LogP contribution in [-0.4, -0.2) is 36.2 Å². The average molecular weight is 224 g/mol. The van der Waals surface area contributed by atoms with Crippen LogP contribution in [0.4, 0.5) is 18.0 Å². The average Bonchev–Trinajstić information content (AvgIpc) is 2.14. The highest BCUT2D eigenvalue weighted by Gasteiger charge is 2.30. The molecule has 0 bridgehead atoms. The number of hydrogen-bond acceptors (Lipinski definition) is 1. The fourth-order valence-corrected chi connectivity index (χ4v) is 1.68. The number of halogens is 3. The third-order valence-corrected chi connectivity index (χ3v) is 2.50. The Morgan fingerprint density at radius 3 is 2.67 bits per heavy atom. The van der Waals surface area contributed by atoms with Crippen molar-refractivity contribution in [3.63, 3.8) is 0 Å². The highest BCUT2D eigenvalue weighted by Crippen LogP contribution is 2.17. The number of carbonyl (C=O) groups excluding carboxylic acids is 1. The maximum absolute atomic E-state index is 11.8. The Labute approximate surface area is 86.6 Å². The molecule has 0 aromatic heterocycles. The number of urea groups is 1. The molecule has 0 aromatic carbocycles. The van der Waals surface area contributed by atoms with Crippen LogP contribution >= 0.6 is 0 Å². The van der Waals surface area contributed by atoms with Gasteiger partial charge in [-0.25, -0.2) is 4.79 Å². The van der Waals surface area contributed by atoms with E-state index >= 15 is 0 Å². The van der Waals surface area contributed by atoms with Crippen LogP contribution in [0.1, 0.15) is 26.2 Å². The van der Waals surface area contributed by atoms with Crippen molar-refractivity contribution < 1.29 is 18.0 Å². The Kier molecular flexibility index (Phi) is 3.82. The fraction of sp³-hybridized carbons (Fsp3) is 0.889. The topological polar surface area (TPSA) is 32.3 Å². The third-order valence-electron chi connectivity index (χ3n) is 2.50. The summed E-state index contributed by atoms with van der Waals surface area (Å²) in [5.74, 6) is 0. The first-order valence-corrected chi connectivity index (χ1v) is 5.01. The molecule has 0 spiro atoms. The molecule has 1 unspecified atom stereocenters. The van der Waals surface area contributed by atoms with Gasteiger partial charge in [0, 0.05) is 12.6 Å². The first-order valence-electron chi connectivity index (χ1n) is 5.01. The third kappa shape index (κ3) is 3.97. The van der Waals surface area contributed by atoms with E-state index in [0.717, 1.165) is 19.3 Å². The van der Waals surface area contributed by atoms with Gasteiger partial charge in [-0.15, -0.1) is 0 Å². The minimum Gasteiger partial charge on any atom is -0.329 e. The normalized spacial score (nSPS) is 22.7. The summed E-state index contributed by atoms with van der Waals surface area (Å²) in [6, 6.07) is -0.577. The molecule has 0 radical (unpaired) electrons. The SMILES string of the molecule is CC1CCCCN1C(=O)NCC(F)(F)F. The molecule has 2 amide bonds. The minimum atomic E-state index is -4.34. The van der Waals surface area contributed by atoms with Gasteiger partial charge in [0.2, 0.25) is 0 Å². The molecule has 1 rings (SSSR count). The zero-order valence-electron chi connectivity index (χ0n) is 8.60. The van der Waals surface area contributed by atoms with Gasteiger partial charge in [0.25, 0.3) is 0 Å². The molecule has 1 N–H and O–H groups in total. The highest BCUT2D eigenvalue weighted by molar-refractivity contribution is 5.74. The van der Waals surface area contributed by atoms with Gasteiger partial charge in [0.1, 0.15) is 6.54 Å². The van der Waals surface area contributed by atoms with Crippen LogP contribution < -0.4 is 5.32 Å². The molecule has 1 fully saturated rings. The Bertz CT molecular complexity index is 230. The molecule has 0 saturated carbocycles. The minimum absolute atomic E-state index is 0.0342. The van der Waals surface area contributed by atoms with Crippen LogP contribution in [0, 0.1) is 0 Å². The van der Waals surface area contributed by atoms with E-state index in [1.165, 1.54) is 4.90 Å². The number of rotatable bonds is 1. The Morgan fingerprint density at radius 1 is 1.47 bits per heavy atom. The van der Waals surface area contributed by atoms with Gasteiger partial charge in [0.05, 0.1) is 0 Å². The van der Waals surface area contributed by atoms with E-state index in [-0.39, 0.29) is 6.04 Å². The molecular formula is C9H15F3N2O. The molecule has 1 saturated heterocycles. The van der Waals surface area contributed by atoms with Crippen molar-refractivity contribution in [3.8, 4) is 0 Å². The van der Waals surface area contributed by atoms with Gasteiger partial charge < -0.3 is 10.2 Å². The van der Waals surface area contributed by atoms with Crippen molar-refractivity contribution in [3.05, 3.63) is 0 Å². The molecule has 0 aliphatic carbocycles. The van der Waals surface area contributed by atoms with Crippen molar-refractivity contribution >= 4 is 6.03 Å². The summed E-state index contributed by atoms with van der Waals surface area (Å²) in [4.78, 5) is 12.8. The molecule has 1 heterocycles. The van der Waals surface area contributed by atoms with Gasteiger partial charge in [0.15, 0.2) is 0 Å². The number of likely N-dealkylation sites (tertiary alicyclic amines) is 1. The smallest absolute Gasteiger partial charge is 0.329 e. The summed E-state index contributed by atoms with van der Waals surface area (Å²) >= 11 is 0. The number of nitrogens with zero attached hydrogens (tertiary/aromatic N) is 1. The molecule has 0 aromatic rings.